The molecule has 18 heavy (non-hydrogen) atoms. The van der Waals surface area contributed by atoms with Crippen molar-refractivity contribution >= 4 is 39.4 Å². The van der Waals surface area contributed by atoms with Gasteiger partial charge in [0.2, 0.25) is 0 Å². The maximum atomic E-state index is 11.8. The number of fused-ring (bicyclic) bond motifs is 1. The van der Waals surface area contributed by atoms with Gasteiger partial charge in [-0.25, -0.2) is 0 Å². The van der Waals surface area contributed by atoms with E-state index in [2.05, 4.69) is 15.9 Å². The summed E-state index contributed by atoms with van der Waals surface area (Å²) in [7, 11) is 0. The molecule has 1 aromatic rings. The lowest BCUT2D eigenvalue weighted by molar-refractivity contribution is -0.142. The molecule has 0 amide bonds. The third-order valence-electron chi connectivity index (χ3n) is 2.77. The molecule has 96 valence electrons. The molecule has 1 aliphatic heterocycles. The Morgan fingerprint density at radius 1 is 1.50 bits per heavy atom. The van der Waals surface area contributed by atoms with Crippen LogP contribution in [0.5, 0.6) is 0 Å². The van der Waals surface area contributed by atoms with Crippen molar-refractivity contribution in [3.8, 4) is 0 Å². The van der Waals surface area contributed by atoms with Crippen molar-refractivity contribution in [2.45, 2.75) is 17.9 Å². The molecule has 0 aliphatic carbocycles. The first-order chi connectivity index (χ1) is 8.67. The van der Waals surface area contributed by atoms with E-state index in [0.717, 1.165) is 16.9 Å². The van der Waals surface area contributed by atoms with Gasteiger partial charge in [0, 0.05) is 11.3 Å². The molecule has 1 aliphatic rings. The third kappa shape index (κ3) is 2.62. The third-order valence-corrected chi connectivity index (χ3v) is 4.54. The highest BCUT2D eigenvalue weighted by atomic mass is 79.9. The maximum absolute atomic E-state index is 11.8. The molecule has 0 bridgehead atoms. The first-order valence-electron chi connectivity index (χ1n) is 5.67. The van der Waals surface area contributed by atoms with Crippen LogP contribution in [0.2, 0.25) is 0 Å². The largest absolute Gasteiger partial charge is 0.465 e. The Labute approximate surface area is 118 Å². The molecule has 0 aromatic heterocycles. The SMILES string of the molecule is CCOC(=O)C1SCc2cc(C(=O)CBr)ccc21. The van der Waals surface area contributed by atoms with Gasteiger partial charge in [0.05, 0.1) is 11.9 Å². The van der Waals surface area contributed by atoms with E-state index in [1.165, 1.54) is 0 Å². The van der Waals surface area contributed by atoms with E-state index in [4.69, 9.17) is 4.74 Å². The zero-order valence-corrected chi connectivity index (χ0v) is 12.3. The lowest BCUT2D eigenvalue weighted by atomic mass is 10.0. The van der Waals surface area contributed by atoms with Crippen molar-refractivity contribution in [3.05, 3.63) is 34.9 Å². The van der Waals surface area contributed by atoms with Gasteiger partial charge in [0.15, 0.2) is 5.78 Å². The second-order valence-corrected chi connectivity index (χ2v) is 5.57. The molecular formula is C13H13BrO3S. The topological polar surface area (TPSA) is 43.4 Å². The summed E-state index contributed by atoms with van der Waals surface area (Å²) in [4.78, 5) is 23.4. The molecule has 0 N–H and O–H groups in total. The number of halogens is 1. The van der Waals surface area contributed by atoms with Crippen LogP contribution in [0.15, 0.2) is 18.2 Å². The fourth-order valence-electron chi connectivity index (χ4n) is 1.91. The van der Waals surface area contributed by atoms with Gasteiger partial charge in [-0.1, -0.05) is 28.1 Å². The van der Waals surface area contributed by atoms with E-state index < -0.39 is 0 Å². The number of alkyl halides is 1. The van der Waals surface area contributed by atoms with Gasteiger partial charge in [-0.15, -0.1) is 11.8 Å². The van der Waals surface area contributed by atoms with Gasteiger partial charge in [0.25, 0.3) is 0 Å². The molecule has 5 heteroatoms. The van der Waals surface area contributed by atoms with Gasteiger partial charge < -0.3 is 4.74 Å². The number of hydrogen-bond acceptors (Lipinski definition) is 4. The maximum Gasteiger partial charge on any atom is 0.323 e. The Balaban J connectivity index is 2.25. The highest BCUT2D eigenvalue weighted by Gasteiger charge is 2.30. The van der Waals surface area contributed by atoms with Crippen LogP contribution in [0.1, 0.15) is 33.7 Å². The summed E-state index contributed by atoms with van der Waals surface area (Å²) in [6.07, 6.45) is 0. The minimum atomic E-state index is -0.243. The van der Waals surface area contributed by atoms with Gasteiger partial charge in [-0.05, 0) is 24.1 Å². The number of esters is 1. The Kier molecular flexibility index (Phi) is 4.45. The first kappa shape index (κ1) is 13.6. The van der Waals surface area contributed by atoms with Gasteiger partial charge >= 0.3 is 5.97 Å². The lowest BCUT2D eigenvalue weighted by Crippen LogP contribution is -2.11. The van der Waals surface area contributed by atoms with Crippen LogP contribution < -0.4 is 0 Å². The van der Waals surface area contributed by atoms with Crippen LogP contribution >= 0.6 is 27.7 Å². The molecule has 1 unspecified atom stereocenters. The van der Waals surface area contributed by atoms with Gasteiger partial charge in [-0.2, -0.15) is 0 Å². The second kappa shape index (κ2) is 5.89. The van der Waals surface area contributed by atoms with Gasteiger partial charge in [-0.3, -0.25) is 9.59 Å². The van der Waals surface area contributed by atoms with Crippen LogP contribution in [-0.2, 0) is 15.3 Å². The van der Waals surface area contributed by atoms with E-state index in [1.54, 1.807) is 24.8 Å². The minimum absolute atomic E-state index is 0.0578. The number of Topliss-reactive ketones (excluding diaryl/α,β-unsaturated/α-hetero) is 1. The number of ketones is 1. The fraction of sp³-hybridized carbons (Fsp3) is 0.385. The van der Waals surface area contributed by atoms with Crippen LogP contribution in [0.25, 0.3) is 0 Å². The van der Waals surface area contributed by atoms with Crippen molar-refractivity contribution in [2.24, 2.45) is 0 Å². The van der Waals surface area contributed by atoms with E-state index in [-0.39, 0.29) is 17.0 Å². The average Bonchev–Trinajstić information content (AvgIpc) is 2.80. The molecule has 3 nitrogen and oxygen atoms in total. The number of carbonyl (C=O) groups excluding carboxylic acids is 2. The predicted molar refractivity (Wildman–Crippen MR) is 75.2 cm³/mol. The lowest BCUT2D eigenvalue weighted by Gasteiger charge is -2.09. The van der Waals surface area contributed by atoms with E-state index in [9.17, 15) is 9.59 Å². The fourth-order valence-corrected chi connectivity index (χ4v) is 3.45. The molecule has 0 saturated heterocycles. The zero-order valence-electron chi connectivity index (χ0n) is 9.94. The summed E-state index contributed by atoms with van der Waals surface area (Å²) in [5.74, 6) is 0.616. The van der Waals surface area contributed by atoms with Crippen molar-refractivity contribution in [3.63, 3.8) is 0 Å². The van der Waals surface area contributed by atoms with Crippen molar-refractivity contribution in [2.75, 3.05) is 11.9 Å². The molecule has 1 aromatic carbocycles. The Bertz CT molecular complexity index is 487. The standard InChI is InChI=1S/C13H13BrO3S/c1-2-17-13(16)12-10-4-3-8(11(15)6-14)5-9(10)7-18-12/h3-5,12H,2,6-7H2,1H3. The van der Waals surface area contributed by atoms with Crippen molar-refractivity contribution in [1.82, 2.24) is 0 Å². The number of carbonyl (C=O) groups is 2. The summed E-state index contributed by atoms with van der Waals surface area (Å²) < 4.78 is 5.05. The number of hydrogen-bond donors (Lipinski definition) is 0. The molecule has 0 saturated carbocycles. The molecular weight excluding hydrogens is 316 g/mol. The molecule has 2 rings (SSSR count). The minimum Gasteiger partial charge on any atom is -0.465 e. The Morgan fingerprint density at radius 2 is 2.28 bits per heavy atom. The molecule has 0 fully saturated rings. The molecule has 0 spiro atoms. The zero-order chi connectivity index (χ0) is 13.1. The quantitative estimate of drug-likeness (QED) is 0.484. The Hall–Kier alpha value is -0.810. The Morgan fingerprint density at radius 3 is 2.94 bits per heavy atom. The average molecular weight is 329 g/mol. The van der Waals surface area contributed by atoms with E-state index in [1.807, 2.05) is 12.1 Å². The molecule has 1 heterocycles. The summed E-state index contributed by atoms with van der Waals surface area (Å²) in [6.45, 7) is 2.20. The number of benzene rings is 1. The van der Waals surface area contributed by atoms with Crippen molar-refractivity contribution < 1.29 is 14.3 Å². The smallest absolute Gasteiger partial charge is 0.323 e. The molecule has 1 atom stereocenters. The first-order valence-corrected chi connectivity index (χ1v) is 7.84. The van der Waals surface area contributed by atoms with Crippen LogP contribution in [0.3, 0.4) is 0 Å². The van der Waals surface area contributed by atoms with E-state index in [0.29, 0.717) is 17.5 Å². The van der Waals surface area contributed by atoms with Crippen LogP contribution in [-0.4, -0.2) is 23.7 Å². The monoisotopic (exact) mass is 328 g/mol. The summed E-state index contributed by atoms with van der Waals surface area (Å²) in [6, 6.07) is 5.53. The van der Waals surface area contributed by atoms with E-state index >= 15 is 0 Å². The van der Waals surface area contributed by atoms with Gasteiger partial charge in [0.1, 0.15) is 5.25 Å². The number of rotatable bonds is 4. The second-order valence-electron chi connectivity index (χ2n) is 3.91. The number of thioether (sulfide) groups is 1. The summed E-state index contributed by atoms with van der Waals surface area (Å²) in [5.41, 5.74) is 2.73. The summed E-state index contributed by atoms with van der Waals surface area (Å²) >= 11 is 4.71. The van der Waals surface area contributed by atoms with Crippen LogP contribution in [0.4, 0.5) is 0 Å². The van der Waals surface area contributed by atoms with Crippen molar-refractivity contribution in [1.29, 1.82) is 0 Å². The normalized spacial score (nSPS) is 17.3. The summed E-state index contributed by atoms with van der Waals surface area (Å²) in [5, 5.41) is 0.0772. The predicted octanol–water partition coefficient (Wildman–Crippen LogP) is 3.12. The highest BCUT2D eigenvalue weighted by molar-refractivity contribution is 9.09. The molecule has 0 radical (unpaired) electrons. The highest BCUT2D eigenvalue weighted by Crippen LogP contribution is 2.42. The number of ether oxygens (including phenoxy) is 1. The van der Waals surface area contributed by atoms with Crippen LogP contribution in [0, 0.1) is 0 Å².